The molecule has 0 atom stereocenters. The van der Waals surface area contributed by atoms with E-state index in [9.17, 15) is 14.7 Å². The van der Waals surface area contributed by atoms with Crippen molar-refractivity contribution in [2.75, 3.05) is 35.8 Å². The monoisotopic (exact) mass is 420 g/mol. The molecule has 0 bridgehead atoms. The van der Waals surface area contributed by atoms with Crippen molar-refractivity contribution >= 4 is 57.2 Å². The minimum absolute atomic E-state index is 0.0515. The normalized spacial score (nSPS) is 16.3. The second-order valence-electron chi connectivity index (χ2n) is 6.97. The van der Waals surface area contributed by atoms with Crippen molar-refractivity contribution in [3.8, 4) is 0 Å². The second kappa shape index (κ2) is 6.36. The summed E-state index contributed by atoms with van der Waals surface area (Å²) in [5.41, 5.74) is 1.71. The number of aromatic carboxylic acids is 1. The Morgan fingerprint density at radius 2 is 2.07 bits per heavy atom. The summed E-state index contributed by atoms with van der Waals surface area (Å²) in [5.74, 6) is -1.86. The van der Waals surface area contributed by atoms with E-state index in [2.05, 4.69) is 22.9 Å². The fourth-order valence-electron chi connectivity index (χ4n) is 4.38. The number of halogens is 1. The standard InChI is InChI=1S/C18H17FN4O3S2/c19-12-13(21-27)10-14-9(15(12)22-5-3-20-4-6-22)2-1-8-7-28-17(23(8)14)11(16(10)24)18(25)26/h7,20-21,27H,1-6H2,(H,25,26). The lowest BCUT2D eigenvalue weighted by Gasteiger charge is -2.33. The molecule has 0 unspecified atom stereocenters. The van der Waals surface area contributed by atoms with Crippen LogP contribution in [0, 0.1) is 5.82 Å². The summed E-state index contributed by atoms with van der Waals surface area (Å²) in [5, 5.41) is 14.8. The predicted octanol–water partition coefficient (Wildman–Crippen LogP) is 2.12. The summed E-state index contributed by atoms with van der Waals surface area (Å²) in [6.07, 6.45) is 1.26. The van der Waals surface area contributed by atoms with E-state index in [1.807, 2.05) is 14.7 Å². The SMILES string of the molecule is O=C(O)c1c(=O)c2c(NS)c(F)c(N3CCNCC3)c3c2n2c(csc12)CC3. The lowest BCUT2D eigenvalue weighted by Crippen LogP contribution is -2.44. The average molecular weight is 420 g/mol. The number of carboxylic acid groups (broad SMARTS) is 1. The first-order chi connectivity index (χ1) is 13.5. The first kappa shape index (κ1) is 17.8. The van der Waals surface area contributed by atoms with Crippen molar-refractivity contribution in [3.05, 3.63) is 38.2 Å². The van der Waals surface area contributed by atoms with Gasteiger partial charge in [-0.2, -0.15) is 0 Å². The van der Waals surface area contributed by atoms with Crippen molar-refractivity contribution in [1.29, 1.82) is 0 Å². The van der Waals surface area contributed by atoms with Crippen molar-refractivity contribution in [3.63, 3.8) is 0 Å². The average Bonchev–Trinajstić information content (AvgIpc) is 3.11. The Morgan fingerprint density at radius 3 is 2.75 bits per heavy atom. The number of aryl methyl sites for hydroxylation is 2. The third-order valence-electron chi connectivity index (χ3n) is 5.56. The van der Waals surface area contributed by atoms with Crippen LogP contribution in [0.2, 0.25) is 0 Å². The van der Waals surface area contributed by atoms with Crippen LogP contribution in [0.25, 0.3) is 15.7 Å². The van der Waals surface area contributed by atoms with Gasteiger partial charge in [-0.25, -0.2) is 9.18 Å². The Balaban J connectivity index is 2.01. The van der Waals surface area contributed by atoms with Crippen LogP contribution in [0.5, 0.6) is 0 Å². The largest absolute Gasteiger partial charge is 0.477 e. The van der Waals surface area contributed by atoms with E-state index >= 15 is 4.39 Å². The van der Waals surface area contributed by atoms with Crippen LogP contribution in [0.3, 0.4) is 0 Å². The number of aromatic nitrogens is 1. The van der Waals surface area contributed by atoms with Crippen molar-refractivity contribution in [1.82, 2.24) is 9.72 Å². The van der Waals surface area contributed by atoms with Gasteiger partial charge in [0.25, 0.3) is 0 Å². The van der Waals surface area contributed by atoms with Gasteiger partial charge < -0.3 is 24.4 Å². The van der Waals surface area contributed by atoms with Crippen LogP contribution in [-0.2, 0) is 12.8 Å². The fraction of sp³-hybridized carbons (Fsp3) is 0.333. The van der Waals surface area contributed by atoms with Crippen LogP contribution < -0.4 is 20.4 Å². The number of thiazole rings is 1. The van der Waals surface area contributed by atoms with Crippen molar-refractivity contribution in [2.45, 2.75) is 12.8 Å². The minimum Gasteiger partial charge on any atom is -0.477 e. The quantitative estimate of drug-likeness (QED) is 0.486. The summed E-state index contributed by atoms with van der Waals surface area (Å²) < 4.78 is 20.0. The number of piperazine rings is 1. The Morgan fingerprint density at radius 1 is 1.32 bits per heavy atom. The number of rotatable bonds is 3. The smallest absolute Gasteiger partial charge is 0.342 e. The molecule has 10 heteroatoms. The molecule has 0 aliphatic carbocycles. The zero-order valence-corrected chi connectivity index (χ0v) is 16.4. The van der Waals surface area contributed by atoms with Crippen LogP contribution >= 0.6 is 24.2 Å². The highest BCUT2D eigenvalue weighted by atomic mass is 32.1. The molecule has 3 aromatic rings. The zero-order chi connectivity index (χ0) is 19.6. The third-order valence-corrected chi connectivity index (χ3v) is 6.79. The van der Waals surface area contributed by atoms with Gasteiger partial charge in [0, 0.05) is 42.8 Å². The van der Waals surface area contributed by atoms with Gasteiger partial charge >= 0.3 is 5.97 Å². The lowest BCUT2D eigenvalue weighted by molar-refractivity contribution is 0.0697. The maximum absolute atomic E-state index is 15.6. The molecule has 0 saturated carbocycles. The maximum Gasteiger partial charge on any atom is 0.342 e. The van der Waals surface area contributed by atoms with Crippen LogP contribution in [0.1, 0.15) is 21.6 Å². The van der Waals surface area contributed by atoms with Gasteiger partial charge in [0.2, 0.25) is 5.43 Å². The summed E-state index contributed by atoms with van der Waals surface area (Å²) in [4.78, 5) is 27.4. The molecular formula is C18H17FN4O3S2. The number of benzene rings is 1. The van der Waals surface area contributed by atoms with Gasteiger partial charge in [-0.3, -0.25) is 4.79 Å². The molecule has 4 heterocycles. The van der Waals surface area contributed by atoms with Gasteiger partial charge in [0.15, 0.2) is 5.82 Å². The number of hydrogen-bond acceptors (Lipinski definition) is 7. The first-order valence-electron chi connectivity index (χ1n) is 8.96. The number of carbonyl (C=O) groups is 1. The van der Waals surface area contributed by atoms with Crippen LogP contribution in [0.4, 0.5) is 15.8 Å². The number of nitrogens with one attached hydrogen (secondary N) is 2. The number of pyridine rings is 1. The molecule has 1 fully saturated rings. The molecule has 1 aromatic carbocycles. The molecule has 7 nitrogen and oxygen atoms in total. The first-order valence-corrected chi connectivity index (χ1v) is 10.3. The Hall–Kier alpha value is -2.30. The highest BCUT2D eigenvalue weighted by molar-refractivity contribution is 7.81. The molecule has 2 aliphatic rings. The van der Waals surface area contributed by atoms with Crippen molar-refractivity contribution in [2.24, 2.45) is 0 Å². The van der Waals surface area contributed by atoms with E-state index in [1.54, 1.807) is 0 Å². The molecule has 2 aromatic heterocycles. The van der Waals surface area contributed by atoms with Gasteiger partial charge in [-0.15, -0.1) is 11.3 Å². The highest BCUT2D eigenvalue weighted by Crippen LogP contribution is 2.42. The van der Waals surface area contributed by atoms with Crippen LogP contribution in [0.15, 0.2) is 10.2 Å². The van der Waals surface area contributed by atoms with E-state index in [4.69, 9.17) is 0 Å². The molecule has 5 rings (SSSR count). The number of hydrogen-bond donors (Lipinski definition) is 4. The van der Waals surface area contributed by atoms with E-state index in [0.29, 0.717) is 42.0 Å². The molecule has 3 N–H and O–H groups in total. The van der Waals surface area contributed by atoms with Crippen molar-refractivity contribution < 1.29 is 14.3 Å². The molecule has 146 valence electrons. The van der Waals surface area contributed by atoms with E-state index in [1.165, 1.54) is 11.3 Å². The van der Waals surface area contributed by atoms with Gasteiger partial charge in [0.05, 0.1) is 22.3 Å². The van der Waals surface area contributed by atoms with Gasteiger partial charge in [-0.05, 0) is 12.8 Å². The Labute approximate surface area is 168 Å². The number of nitrogens with zero attached hydrogens (tertiary/aromatic N) is 2. The molecule has 0 radical (unpaired) electrons. The van der Waals surface area contributed by atoms with E-state index in [-0.39, 0.29) is 16.6 Å². The lowest BCUT2D eigenvalue weighted by atomic mass is 9.95. The molecule has 0 spiro atoms. The predicted molar refractivity (Wildman–Crippen MR) is 111 cm³/mol. The summed E-state index contributed by atoms with van der Waals surface area (Å²) in [7, 11) is 0. The second-order valence-corrected chi connectivity index (χ2v) is 8.05. The number of carboxylic acids is 1. The molecule has 2 aliphatic heterocycles. The third kappa shape index (κ3) is 2.25. The number of anilines is 2. The molecular weight excluding hydrogens is 403 g/mol. The zero-order valence-electron chi connectivity index (χ0n) is 14.7. The summed E-state index contributed by atoms with van der Waals surface area (Å²) in [6.45, 7) is 2.81. The Kier molecular flexibility index (Phi) is 4.04. The summed E-state index contributed by atoms with van der Waals surface area (Å²) >= 11 is 5.28. The fourth-order valence-corrected chi connectivity index (χ4v) is 5.67. The maximum atomic E-state index is 15.6. The van der Waals surface area contributed by atoms with Gasteiger partial charge in [-0.1, -0.05) is 12.8 Å². The Bertz CT molecular complexity index is 1210. The van der Waals surface area contributed by atoms with Crippen LogP contribution in [-0.4, -0.2) is 41.7 Å². The highest BCUT2D eigenvalue weighted by Gasteiger charge is 2.32. The van der Waals surface area contributed by atoms with Gasteiger partial charge in [0.1, 0.15) is 10.4 Å². The minimum atomic E-state index is -1.31. The number of thiol groups is 1. The topological polar surface area (TPSA) is 86.1 Å². The van der Waals surface area contributed by atoms with E-state index in [0.717, 1.165) is 24.3 Å². The molecule has 28 heavy (non-hydrogen) atoms. The summed E-state index contributed by atoms with van der Waals surface area (Å²) in [6, 6.07) is 0. The molecule has 0 amide bonds. The molecule has 1 saturated heterocycles. The van der Waals surface area contributed by atoms with E-state index < -0.39 is 17.2 Å².